The molecule has 27 heavy (non-hydrogen) atoms. The van der Waals surface area contributed by atoms with Crippen LogP contribution in [0.1, 0.15) is 90.9 Å². The zero-order valence-corrected chi connectivity index (χ0v) is 17.4. The molecule has 0 fully saturated rings. The first-order valence-electron chi connectivity index (χ1n) is 11.1. The van der Waals surface area contributed by atoms with Crippen molar-refractivity contribution in [3.63, 3.8) is 0 Å². The van der Waals surface area contributed by atoms with Crippen molar-refractivity contribution in [1.82, 2.24) is 0 Å². The number of carbonyl (C=O) groups is 1. The lowest BCUT2D eigenvalue weighted by molar-refractivity contribution is -0.134. The van der Waals surface area contributed by atoms with E-state index >= 15 is 0 Å². The number of benzene rings is 1. The first-order chi connectivity index (χ1) is 13.2. The van der Waals surface area contributed by atoms with Crippen LogP contribution in [0.4, 0.5) is 0 Å². The fraction of sp³-hybridized carbons (Fsp3) is 0.640. The molecule has 1 aromatic rings. The maximum Gasteiger partial charge on any atom is 0.311 e. The van der Waals surface area contributed by atoms with E-state index in [1.807, 2.05) is 30.3 Å². The monoisotopic (exact) mass is 370 g/mol. The predicted octanol–water partition coefficient (Wildman–Crippen LogP) is 7.49. The van der Waals surface area contributed by atoms with Crippen LogP contribution in [0.3, 0.4) is 0 Å². The highest BCUT2D eigenvalue weighted by molar-refractivity contribution is 5.72. The molecule has 2 unspecified atom stereocenters. The standard InChI is InChI=1S/C25H38O2/c1-3-4-5-6-7-9-12-22-16-18-23(19-17-22)21(2)15-20-25(26)27-24-13-10-8-11-14-24/h8,10-11,13-14,18,21-22H,3-7,9,12,15-17,19-20H2,1-2H3. The molecule has 0 saturated heterocycles. The van der Waals surface area contributed by atoms with Gasteiger partial charge >= 0.3 is 5.97 Å². The predicted molar refractivity (Wildman–Crippen MR) is 114 cm³/mol. The fourth-order valence-electron chi connectivity index (χ4n) is 4.02. The Morgan fingerprint density at radius 1 is 1.11 bits per heavy atom. The van der Waals surface area contributed by atoms with Gasteiger partial charge in [-0.2, -0.15) is 0 Å². The van der Waals surface area contributed by atoms with Crippen molar-refractivity contribution in [2.75, 3.05) is 0 Å². The number of para-hydroxylation sites is 1. The third kappa shape index (κ3) is 8.77. The maximum atomic E-state index is 12.0. The first kappa shape index (κ1) is 21.7. The van der Waals surface area contributed by atoms with Crippen LogP contribution < -0.4 is 4.74 Å². The van der Waals surface area contributed by atoms with Crippen LogP contribution >= 0.6 is 0 Å². The second-order valence-corrected chi connectivity index (χ2v) is 8.20. The van der Waals surface area contributed by atoms with E-state index in [1.54, 1.807) is 5.57 Å². The van der Waals surface area contributed by atoms with Crippen LogP contribution in [0.15, 0.2) is 42.0 Å². The molecule has 2 heteroatoms. The van der Waals surface area contributed by atoms with E-state index in [0.29, 0.717) is 18.1 Å². The summed E-state index contributed by atoms with van der Waals surface area (Å²) in [5.41, 5.74) is 1.56. The Hall–Kier alpha value is -1.57. The summed E-state index contributed by atoms with van der Waals surface area (Å²) in [4.78, 5) is 12.0. The molecule has 0 aliphatic heterocycles. The van der Waals surface area contributed by atoms with Crippen LogP contribution in [0.5, 0.6) is 5.75 Å². The van der Waals surface area contributed by atoms with Gasteiger partial charge < -0.3 is 4.74 Å². The SMILES string of the molecule is CCCCCCCCC1CC=C(C(C)CCC(=O)Oc2ccccc2)CC1. The van der Waals surface area contributed by atoms with Gasteiger partial charge in [-0.25, -0.2) is 0 Å². The van der Waals surface area contributed by atoms with Crippen LogP contribution in [0.25, 0.3) is 0 Å². The summed E-state index contributed by atoms with van der Waals surface area (Å²) in [7, 11) is 0. The molecule has 0 bridgehead atoms. The molecular formula is C25H38O2. The fourth-order valence-corrected chi connectivity index (χ4v) is 4.02. The van der Waals surface area contributed by atoms with Crippen molar-refractivity contribution < 1.29 is 9.53 Å². The molecule has 1 aliphatic carbocycles. The van der Waals surface area contributed by atoms with Crippen molar-refractivity contribution in [2.24, 2.45) is 11.8 Å². The third-order valence-corrected chi connectivity index (χ3v) is 5.91. The van der Waals surface area contributed by atoms with Crippen LogP contribution in [0, 0.1) is 11.8 Å². The zero-order chi connectivity index (χ0) is 19.3. The summed E-state index contributed by atoms with van der Waals surface area (Å²) in [5, 5.41) is 0. The van der Waals surface area contributed by atoms with Crippen LogP contribution in [-0.4, -0.2) is 5.97 Å². The van der Waals surface area contributed by atoms with Crippen LogP contribution in [0.2, 0.25) is 0 Å². The third-order valence-electron chi connectivity index (χ3n) is 5.91. The Balaban J connectivity index is 1.60. The van der Waals surface area contributed by atoms with Gasteiger partial charge in [0.05, 0.1) is 0 Å². The molecule has 0 radical (unpaired) electrons. The molecule has 0 heterocycles. The summed E-state index contributed by atoms with van der Waals surface area (Å²) < 4.78 is 5.39. The Morgan fingerprint density at radius 3 is 2.56 bits per heavy atom. The quantitative estimate of drug-likeness (QED) is 0.165. The van der Waals surface area contributed by atoms with Crippen molar-refractivity contribution in [3.05, 3.63) is 42.0 Å². The molecule has 0 spiro atoms. The number of rotatable bonds is 12. The number of carbonyl (C=O) groups excluding carboxylic acids is 1. The lowest BCUT2D eigenvalue weighted by Crippen LogP contribution is -2.13. The zero-order valence-electron chi connectivity index (χ0n) is 17.4. The van der Waals surface area contributed by atoms with Gasteiger partial charge in [-0.3, -0.25) is 4.79 Å². The molecule has 0 saturated carbocycles. The average Bonchev–Trinajstić information content (AvgIpc) is 2.70. The first-order valence-corrected chi connectivity index (χ1v) is 11.1. The minimum Gasteiger partial charge on any atom is -0.427 e. The molecule has 1 aromatic carbocycles. The van der Waals surface area contributed by atoms with Gasteiger partial charge in [0.1, 0.15) is 5.75 Å². The van der Waals surface area contributed by atoms with E-state index in [1.165, 1.54) is 64.2 Å². The number of hydrogen-bond acceptors (Lipinski definition) is 2. The van der Waals surface area contributed by atoms with E-state index in [2.05, 4.69) is 19.9 Å². The topological polar surface area (TPSA) is 26.3 Å². The van der Waals surface area contributed by atoms with Gasteiger partial charge in [0.15, 0.2) is 0 Å². The molecule has 0 N–H and O–H groups in total. The van der Waals surface area contributed by atoms with E-state index in [0.717, 1.165) is 12.3 Å². The lowest BCUT2D eigenvalue weighted by atomic mass is 9.81. The van der Waals surface area contributed by atoms with Gasteiger partial charge in [0, 0.05) is 6.42 Å². The van der Waals surface area contributed by atoms with Crippen molar-refractivity contribution >= 4 is 5.97 Å². The molecule has 1 aliphatic rings. The largest absolute Gasteiger partial charge is 0.427 e. The Morgan fingerprint density at radius 2 is 1.85 bits per heavy atom. The molecule has 0 amide bonds. The van der Waals surface area contributed by atoms with Crippen molar-refractivity contribution in [3.8, 4) is 5.75 Å². The highest BCUT2D eigenvalue weighted by Crippen LogP contribution is 2.32. The van der Waals surface area contributed by atoms with E-state index in [4.69, 9.17) is 4.74 Å². The second kappa shape index (κ2) is 12.8. The number of hydrogen-bond donors (Lipinski definition) is 0. The summed E-state index contributed by atoms with van der Waals surface area (Å²) >= 11 is 0. The van der Waals surface area contributed by atoms with Gasteiger partial charge in [0.2, 0.25) is 0 Å². The van der Waals surface area contributed by atoms with Gasteiger partial charge in [0.25, 0.3) is 0 Å². The maximum absolute atomic E-state index is 12.0. The number of unbranched alkanes of at least 4 members (excludes halogenated alkanes) is 5. The molecule has 2 rings (SSSR count). The van der Waals surface area contributed by atoms with Gasteiger partial charge in [-0.1, -0.05) is 88.6 Å². The Labute approximate surface area is 166 Å². The number of allylic oxidation sites excluding steroid dienone is 2. The molecule has 2 nitrogen and oxygen atoms in total. The summed E-state index contributed by atoms with van der Waals surface area (Å²) in [6.07, 6.45) is 17.4. The smallest absolute Gasteiger partial charge is 0.311 e. The van der Waals surface area contributed by atoms with Crippen molar-refractivity contribution in [1.29, 1.82) is 0 Å². The molecule has 2 atom stereocenters. The molecule has 0 aromatic heterocycles. The second-order valence-electron chi connectivity index (χ2n) is 8.20. The summed E-state index contributed by atoms with van der Waals surface area (Å²) in [6.45, 7) is 4.54. The minimum atomic E-state index is -0.120. The van der Waals surface area contributed by atoms with Crippen molar-refractivity contribution in [2.45, 2.75) is 90.9 Å². The molecular weight excluding hydrogens is 332 g/mol. The lowest BCUT2D eigenvalue weighted by Gasteiger charge is -2.25. The van der Waals surface area contributed by atoms with Gasteiger partial charge in [-0.05, 0) is 49.7 Å². The van der Waals surface area contributed by atoms with E-state index in [-0.39, 0.29) is 5.97 Å². The van der Waals surface area contributed by atoms with Gasteiger partial charge in [-0.15, -0.1) is 0 Å². The highest BCUT2D eigenvalue weighted by Gasteiger charge is 2.19. The normalized spacial score (nSPS) is 18.0. The number of ether oxygens (including phenoxy) is 1. The van der Waals surface area contributed by atoms with E-state index in [9.17, 15) is 4.79 Å². The highest BCUT2D eigenvalue weighted by atomic mass is 16.5. The summed E-state index contributed by atoms with van der Waals surface area (Å²) in [5.74, 6) is 1.90. The Kier molecular flexibility index (Phi) is 10.3. The molecule has 150 valence electrons. The number of esters is 1. The van der Waals surface area contributed by atoms with E-state index < -0.39 is 0 Å². The summed E-state index contributed by atoms with van der Waals surface area (Å²) in [6, 6.07) is 9.36. The average molecular weight is 371 g/mol. The Bertz CT molecular complexity index is 561. The van der Waals surface area contributed by atoms with Crippen LogP contribution in [-0.2, 0) is 4.79 Å². The minimum absolute atomic E-state index is 0.120.